The van der Waals surface area contributed by atoms with Crippen LogP contribution in [0.25, 0.3) is 22.1 Å². The second kappa shape index (κ2) is 6.33. The number of nitrogens with zero attached hydrogens (tertiary/aromatic N) is 5. The minimum Gasteiger partial charge on any atom is -0.502 e. The number of rotatable bonds is 4. The molecule has 0 aliphatic carbocycles. The van der Waals surface area contributed by atoms with Gasteiger partial charge in [-0.25, -0.2) is 5.43 Å². The molecule has 2 aromatic carbocycles. The summed E-state index contributed by atoms with van der Waals surface area (Å²) < 4.78 is 0. The first kappa shape index (κ1) is 16.4. The van der Waals surface area contributed by atoms with Gasteiger partial charge in [0, 0.05) is 22.5 Å². The average molecular weight is 363 g/mol. The van der Waals surface area contributed by atoms with Crippen LogP contribution >= 0.6 is 0 Å². The zero-order valence-corrected chi connectivity index (χ0v) is 14.0. The van der Waals surface area contributed by atoms with E-state index in [-0.39, 0.29) is 11.5 Å². The number of aromatic hydroxyl groups is 1. The van der Waals surface area contributed by atoms with Crippen molar-refractivity contribution in [3.05, 3.63) is 57.6 Å². The minimum atomic E-state index is -0.668. The summed E-state index contributed by atoms with van der Waals surface area (Å²) in [5, 5.41) is 33.7. The molecule has 27 heavy (non-hydrogen) atoms. The van der Waals surface area contributed by atoms with E-state index in [9.17, 15) is 15.2 Å². The molecule has 0 saturated heterocycles. The summed E-state index contributed by atoms with van der Waals surface area (Å²) in [5.41, 5.74) is 5.61. The average Bonchev–Trinajstić information content (AvgIpc) is 3.00. The van der Waals surface area contributed by atoms with E-state index >= 15 is 0 Å². The van der Waals surface area contributed by atoms with Crippen LogP contribution in [0.5, 0.6) is 5.75 Å². The van der Waals surface area contributed by atoms with Crippen LogP contribution in [-0.4, -0.2) is 36.4 Å². The fourth-order valence-electron chi connectivity index (χ4n) is 2.69. The van der Waals surface area contributed by atoms with E-state index in [1.54, 1.807) is 0 Å². The predicted molar refractivity (Wildman–Crippen MR) is 99.9 cm³/mol. The Morgan fingerprint density at radius 3 is 2.96 bits per heavy atom. The molecule has 10 nitrogen and oxygen atoms in total. The number of nitro benzene ring substituents is 1. The van der Waals surface area contributed by atoms with E-state index in [0.717, 1.165) is 16.5 Å². The van der Waals surface area contributed by atoms with Crippen LogP contribution < -0.4 is 5.43 Å². The second-order valence-corrected chi connectivity index (χ2v) is 5.85. The van der Waals surface area contributed by atoms with Gasteiger partial charge in [0.1, 0.15) is 5.52 Å². The highest BCUT2D eigenvalue weighted by atomic mass is 16.6. The summed E-state index contributed by atoms with van der Waals surface area (Å²) in [7, 11) is 0. The number of aromatic nitrogens is 4. The molecule has 4 aromatic rings. The van der Waals surface area contributed by atoms with Crippen molar-refractivity contribution in [2.24, 2.45) is 5.10 Å². The molecular formula is C17H13N7O3. The number of para-hydroxylation sites is 1. The Hall–Kier alpha value is -4.08. The maximum Gasteiger partial charge on any atom is 0.311 e. The van der Waals surface area contributed by atoms with Gasteiger partial charge in [-0.05, 0) is 25.1 Å². The van der Waals surface area contributed by atoms with Gasteiger partial charge in [-0.2, -0.15) is 10.1 Å². The third kappa shape index (κ3) is 2.99. The number of phenolic OH excluding ortho intramolecular Hbond substituents is 1. The van der Waals surface area contributed by atoms with Crippen molar-refractivity contribution in [2.45, 2.75) is 6.92 Å². The van der Waals surface area contributed by atoms with Gasteiger partial charge in [-0.1, -0.05) is 17.7 Å². The number of phenols is 1. The lowest BCUT2D eigenvalue weighted by molar-refractivity contribution is -0.385. The molecule has 0 amide bonds. The molecule has 0 unspecified atom stereocenters. The van der Waals surface area contributed by atoms with Gasteiger partial charge in [-0.15, -0.1) is 10.2 Å². The standard InChI is InChI=1S/C17H13N7O3/c1-9-5-6-12-11(7-9)14-16(19-12)20-17(23-21-14)22-18-8-10-3-2-4-13(15(10)25)24(26)27/h2-8,25H,1H3,(H2,19,20,22,23). The number of hydrazone groups is 1. The van der Waals surface area contributed by atoms with Crippen LogP contribution in [0.4, 0.5) is 11.6 Å². The first-order valence-corrected chi connectivity index (χ1v) is 7.91. The fourth-order valence-corrected chi connectivity index (χ4v) is 2.69. The number of nitrogens with one attached hydrogen (secondary N) is 2. The number of aromatic amines is 1. The van der Waals surface area contributed by atoms with E-state index in [2.05, 4.69) is 30.7 Å². The molecule has 0 saturated carbocycles. The molecular weight excluding hydrogens is 350 g/mol. The third-order valence-corrected chi connectivity index (χ3v) is 3.98. The van der Waals surface area contributed by atoms with Crippen LogP contribution in [0.3, 0.4) is 0 Å². The summed E-state index contributed by atoms with van der Waals surface area (Å²) in [6, 6.07) is 10.1. The zero-order chi connectivity index (χ0) is 19.0. The second-order valence-electron chi connectivity index (χ2n) is 5.85. The number of nitro groups is 1. The highest BCUT2D eigenvalue weighted by Crippen LogP contribution is 2.28. The Morgan fingerprint density at radius 2 is 2.15 bits per heavy atom. The minimum absolute atomic E-state index is 0.145. The summed E-state index contributed by atoms with van der Waals surface area (Å²) >= 11 is 0. The number of hydrogen-bond acceptors (Lipinski definition) is 8. The predicted octanol–water partition coefficient (Wildman–Crippen LogP) is 2.87. The Morgan fingerprint density at radius 1 is 1.30 bits per heavy atom. The Bertz CT molecular complexity index is 1220. The van der Waals surface area contributed by atoms with Gasteiger partial charge in [0.05, 0.1) is 11.1 Å². The Balaban J connectivity index is 1.61. The molecule has 0 aliphatic heterocycles. The molecule has 0 bridgehead atoms. The summed E-state index contributed by atoms with van der Waals surface area (Å²) in [6.45, 7) is 1.99. The quantitative estimate of drug-likeness (QED) is 0.287. The highest BCUT2D eigenvalue weighted by molar-refractivity contribution is 6.03. The van der Waals surface area contributed by atoms with Crippen molar-refractivity contribution >= 4 is 39.9 Å². The molecule has 2 aromatic heterocycles. The number of benzene rings is 2. The first-order valence-electron chi connectivity index (χ1n) is 7.91. The fraction of sp³-hybridized carbons (Fsp3) is 0.0588. The van der Waals surface area contributed by atoms with Gasteiger partial charge in [-0.3, -0.25) is 10.1 Å². The number of fused-ring (bicyclic) bond motifs is 3. The molecule has 2 heterocycles. The van der Waals surface area contributed by atoms with Crippen LogP contribution in [0.1, 0.15) is 11.1 Å². The zero-order valence-electron chi connectivity index (χ0n) is 14.0. The van der Waals surface area contributed by atoms with Gasteiger partial charge in [0.15, 0.2) is 5.65 Å². The molecule has 0 spiro atoms. The molecule has 4 rings (SSSR count). The molecule has 134 valence electrons. The van der Waals surface area contributed by atoms with Crippen LogP contribution in [-0.2, 0) is 0 Å². The summed E-state index contributed by atoms with van der Waals surface area (Å²) in [4.78, 5) is 17.7. The van der Waals surface area contributed by atoms with E-state index in [4.69, 9.17) is 0 Å². The first-order chi connectivity index (χ1) is 13.0. The summed E-state index contributed by atoms with van der Waals surface area (Å²) in [6.07, 6.45) is 1.24. The van der Waals surface area contributed by atoms with Gasteiger partial charge >= 0.3 is 5.69 Å². The van der Waals surface area contributed by atoms with Crippen LogP contribution in [0, 0.1) is 17.0 Å². The van der Waals surface area contributed by atoms with E-state index in [1.165, 1.54) is 24.4 Å². The third-order valence-electron chi connectivity index (χ3n) is 3.98. The number of anilines is 1. The van der Waals surface area contributed by atoms with Gasteiger partial charge in [0.25, 0.3) is 5.95 Å². The monoisotopic (exact) mass is 363 g/mol. The van der Waals surface area contributed by atoms with Crippen LogP contribution in [0.15, 0.2) is 41.5 Å². The maximum atomic E-state index is 10.8. The molecule has 3 N–H and O–H groups in total. The van der Waals surface area contributed by atoms with Gasteiger partial charge in [0.2, 0.25) is 5.75 Å². The van der Waals surface area contributed by atoms with Crippen LogP contribution in [0.2, 0.25) is 0 Å². The van der Waals surface area contributed by atoms with E-state index in [1.807, 2.05) is 25.1 Å². The normalized spacial score (nSPS) is 11.4. The maximum absolute atomic E-state index is 10.8. The SMILES string of the molecule is Cc1ccc2[nH]c3nc(NN=Cc4cccc([N+](=O)[O-])c4O)nnc3c2c1. The topological polar surface area (TPSA) is 142 Å². The van der Waals surface area contributed by atoms with Crippen molar-refractivity contribution in [3.8, 4) is 5.75 Å². The highest BCUT2D eigenvalue weighted by Gasteiger charge is 2.15. The Labute approximate surface area is 151 Å². The van der Waals surface area contributed by atoms with Crippen molar-refractivity contribution in [1.82, 2.24) is 20.2 Å². The van der Waals surface area contributed by atoms with Crippen molar-refractivity contribution in [2.75, 3.05) is 5.43 Å². The molecule has 0 atom stereocenters. The number of hydrogen-bond donors (Lipinski definition) is 3. The number of H-pyrrole nitrogens is 1. The van der Waals surface area contributed by atoms with Crippen molar-refractivity contribution in [3.63, 3.8) is 0 Å². The Kier molecular flexibility index (Phi) is 3.84. The molecule has 0 radical (unpaired) electrons. The smallest absolute Gasteiger partial charge is 0.311 e. The van der Waals surface area contributed by atoms with E-state index < -0.39 is 16.4 Å². The largest absolute Gasteiger partial charge is 0.502 e. The van der Waals surface area contributed by atoms with E-state index in [0.29, 0.717) is 11.2 Å². The number of aryl methyl sites for hydroxylation is 1. The lowest BCUT2D eigenvalue weighted by Crippen LogP contribution is -1.99. The van der Waals surface area contributed by atoms with Crippen molar-refractivity contribution in [1.29, 1.82) is 0 Å². The molecule has 0 fully saturated rings. The van der Waals surface area contributed by atoms with Crippen molar-refractivity contribution < 1.29 is 10.0 Å². The molecule has 10 heteroatoms. The summed E-state index contributed by atoms with van der Waals surface area (Å²) in [5.74, 6) is -0.319. The lowest BCUT2D eigenvalue weighted by Gasteiger charge is -2.00. The lowest BCUT2D eigenvalue weighted by atomic mass is 10.2. The van der Waals surface area contributed by atoms with Gasteiger partial charge < -0.3 is 10.1 Å². The molecule has 0 aliphatic rings.